The lowest BCUT2D eigenvalue weighted by Gasteiger charge is -2.32. The molecule has 1 aromatic carbocycles. The molecule has 9 heteroatoms. The van der Waals surface area contributed by atoms with Gasteiger partial charge < -0.3 is 5.32 Å². The number of non-ortho nitro benzene ring substituents is 1. The summed E-state index contributed by atoms with van der Waals surface area (Å²) in [7, 11) is 0. The fraction of sp³-hybridized carbons (Fsp3) is 0.476. The minimum absolute atomic E-state index is 0.00789. The quantitative estimate of drug-likeness (QED) is 0.331. The van der Waals surface area contributed by atoms with E-state index in [-0.39, 0.29) is 46.5 Å². The molecule has 2 heterocycles. The van der Waals surface area contributed by atoms with Gasteiger partial charge in [0.05, 0.1) is 16.3 Å². The van der Waals surface area contributed by atoms with Gasteiger partial charge in [-0.3, -0.25) is 29.9 Å². The monoisotopic (exact) mass is 406 g/mol. The number of imide groups is 1. The average molecular weight is 406 g/mol. The van der Waals surface area contributed by atoms with Crippen molar-refractivity contribution in [3.05, 3.63) is 52.1 Å². The molecular formula is C21H18N4O5. The normalized spacial score (nSPS) is 45.5. The molecule has 152 valence electrons. The van der Waals surface area contributed by atoms with Crippen LogP contribution in [0.1, 0.15) is 23.2 Å². The van der Waals surface area contributed by atoms with Crippen LogP contribution in [0.3, 0.4) is 0 Å². The lowest BCUT2D eigenvalue weighted by molar-refractivity contribution is -0.384. The van der Waals surface area contributed by atoms with Gasteiger partial charge in [-0.2, -0.15) is 5.01 Å². The molecule has 2 aliphatic heterocycles. The van der Waals surface area contributed by atoms with E-state index in [2.05, 4.69) is 22.9 Å². The Morgan fingerprint density at radius 1 is 1.23 bits per heavy atom. The van der Waals surface area contributed by atoms with Gasteiger partial charge >= 0.3 is 0 Å². The summed E-state index contributed by atoms with van der Waals surface area (Å²) in [5, 5.41) is 15.5. The second kappa shape index (κ2) is 4.80. The molecule has 6 unspecified atom stereocenters. The standard InChI is InChI=1S/C21H18N4O5/c26-17(9-1-3-10(4-2-9)25(29)30)23-24-18(27)16-12-7-15-21(16,19(24)28)14-6-5-11(12)13-8-20(13,14)22-15/h1-6,11-16,22H,7-8H2,(H,23,26)/t11?,12?,13?,14?,15?,16-,20?,21+/m1/s1. The van der Waals surface area contributed by atoms with Gasteiger partial charge in [-0.1, -0.05) is 12.2 Å². The highest BCUT2D eigenvalue weighted by Crippen LogP contribution is 2.78. The molecule has 2 spiro atoms. The first-order chi connectivity index (χ1) is 14.4. The van der Waals surface area contributed by atoms with Crippen LogP contribution in [0.25, 0.3) is 0 Å². The molecule has 7 rings (SSSR count). The smallest absolute Gasteiger partial charge is 0.270 e. The highest BCUT2D eigenvalue weighted by atomic mass is 16.6. The zero-order valence-corrected chi connectivity index (χ0v) is 15.8. The topological polar surface area (TPSA) is 122 Å². The first kappa shape index (κ1) is 16.7. The third kappa shape index (κ3) is 1.55. The maximum absolute atomic E-state index is 13.7. The average Bonchev–Trinajstić information content (AvgIpc) is 3.26. The van der Waals surface area contributed by atoms with Crippen LogP contribution in [0.2, 0.25) is 0 Å². The molecule has 2 N–H and O–H groups in total. The molecular weight excluding hydrogens is 388 g/mol. The van der Waals surface area contributed by atoms with Crippen LogP contribution in [0, 0.1) is 45.1 Å². The summed E-state index contributed by atoms with van der Waals surface area (Å²) in [6.07, 6.45) is 6.26. The SMILES string of the molecule is O=C(NN1C(=O)[C@H]2C3CC4NC56CC5C3C=CC6[C@]42C1=O)c1ccc([N+](=O)[O-])cc1. The second-order valence-electron chi connectivity index (χ2n) is 9.52. The number of carbonyl (C=O) groups is 3. The predicted molar refractivity (Wildman–Crippen MR) is 100 cm³/mol. The summed E-state index contributed by atoms with van der Waals surface area (Å²) in [6, 6.07) is 5.05. The van der Waals surface area contributed by atoms with E-state index in [1.807, 2.05) is 0 Å². The van der Waals surface area contributed by atoms with Gasteiger partial charge in [0.25, 0.3) is 23.4 Å². The molecule has 5 bridgehead atoms. The number of nitro groups is 1. The number of benzene rings is 1. The maximum atomic E-state index is 13.7. The number of allylic oxidation sites excluding steroid dienone is 1. The van der Waals surface area contributed by atoms with Crippen LogP contribution in [0.5, 0.6) is 0 Å². The van der Waals surface area contributed by atoms with Crippen molar-refractivity contribution in [1.29, 1.82) is 0 Å². The molecule has 3 amide bonds. The van der Waals surface area contributed by atoms with Crippen molar-refractivity contribution in [1.82, 2.24) is 15.8 Å². The van der Waals surface area contributed by atoms with Crippen molar-refractivity contribution in [3.63, 3.8) is 0 Å². The molecule has 0 radical (unpaired) electrons. The fourth-order valence-corrected chi connectivity index (χ4v) is 7.68. The summed E-state index contributed by atoms with van der Waals surface area (Å²) in [6.45, 7) is 0. The molecule has 2 saturated heterocycles. The zero-order valence-electron chi connectivity index (χ0n) is 15.8. The number of hydrazine groups is 1. The summed E-state index contributed by atoms with van der Waals surface area (Å²) in [4.78, 5) is 50.1. The number of amides is 3. The van der Waals surface area contributed by atoms with Crippen LogP contribution in [-0.4, -0.2) is 39.2 Å². The fourth-order valence-electron chi connectivity index (χ4n) is 7.68. The van der Waals surface area contributed by atoms with Gasteiger partial charge in [-0.05, 0) is 42.7 Å². The van der Waals surface area contributed by atoms with Crippen molar-refractivity contribution in [2.45, 2.75) is 24.4 Å². The van der Waals surface area contributed by atoms with Crippen LogP contribution >= 0.6 is 0 Å². The summed E-state index contributed by atoms with van der Waals surface area (Å²) >= 11 is 0. The Balaban J connectivity index is 1.24. The van der Waals surface area contributed by atoms with E-state index in [4.69, 9.17) is 0 Å². The molecule has 1 aromatic rings. The number of rotatable bonds is 3. The Morgan fingerprint density at radius 3 is 2.73 bits per heavy atom. The first-order valence-electron chi connectivity index (χ1n) is 10.3. The summed E-state index contributed by atoms with van der Waals surface area (Å²) in [5.74, 6) is -0.721. The highest BCUT2D eigenvalue weighted by molar-refractivity contribution is 6.11. The van der Waals surface area contributed by atoms with E-state index in [1.54, 1.807) is 0 Å². The lowest BCUT2D eigenvalue weighted by Crippen LogP contribution is -2.51. The Morgan fingerprint density at radius 2 is 2.00 bits per heavy atom. The van der Waals surface area contributed by atoms with Gasteiger partial charge in [0.15, 0.2) is 0 Å². The van der Waals surface area contributed by atoms with Crippen LogP contribution < -0.4 is 10.7 Å². The van der Waals surface area contributed by atoms with Crippen LogP contribution in [0.4, 0.5) is 5.69 Å². The summed E-state index contributed by atoms with van der Waals surface area (Å²) < 4.78 is 0. The number of nitrogens with one attached hydrogen (secondary N) is 2. The second-order valence-corrected chi connectivity index (χ2v) is 9.52. The van der Waals surface area contributed by atoms with Crippen LogP contribution in [-0.2, 0) is 9.59 Å². The van der Waals surface area contributed by atoms with Gasteiger partial charge in [0.1, 0.15) is 0 Å². The van der Waals surface area contributed by atoms with Gasteiger partial charge in [-0.25, -0.2) is 0 Å². The van der Waals surface area contributed by atoms with Crippen molar-refractivity contribution in [2.75, 3.05) is 0 Å². The Bertz CT molecular complexity index is 1110. The van der Waals surface area contributed by atoms with E-state index < -0.39 is 22.2 Å². The van der Waals surface area contributed by atoms with Gasteiger partial charge in [0, 0.05) is 35.2 Å². The zero-order chi connectivity index (χ0) is 20.6. The third-order valence-corrected chi connectivity index (χ3v) is 8.70. The minimum Gasteiger partial charge on any atom is -0.306 e. The molecule has 0 aromatic heterocycles. The number of hydrogen-bond acceptors (Lipinski definition) is 6. The van der Waals surface area contributed by atoms with E-state index >= 15 is 0 Å². The first-order valence-corrected chi connectivity index (χ1v) is 10.3. The Kier molecular flexibility index (Phi) is 2.67. The molecule has 3 saturated carbocycles. The Labute approximate surface area is 170 Å². The lowest BCUT2D eigenvalue weighted by atomic mass is 9.67. The molecule has 8 atom stereocenters. The number of nitrogens with zero attached hydrogens (tertiary/aromatic N) is 2. The largest absolute Gasteiger partial charge is 0.306 e. The van der Waals surface area contributed by atoms with Crippen LogP contribution in [0.15, 0.2) is 36.4 Å². The number of fused-ring (bicyclic) bond motifs is 1. The Hall–Kier alpha value is -3.07. The van der Waals surface area contributed by atoms with E-state index in [0.29, 0.717) is 11.8 Å². The number of nitro benzene ring substituents is 1. The number of carbonyl (C=O) groups excluding carboxylic acids is 3. The summed E-state index contributed by atoms with van der Waals surface area (Å²) in [5.41, 5.74) is 1.66. The van der Waals surface area contributed by atoms with Gasteiger partial charge in [-0.15, -0.1) is 0 Å². The molecule has 30 heavy (non-hydrogen) atoms. The molecule has 9 nitrogen and oxygen atoms in total. The molecule has 4 aliphatic carbocycles. The van der Waals surface area contributed by atoms with E-state index in [0.717, 1.165) is 17.9 Å². The van der Waals surface area contributed by atoms with Crippen molar-refractivity contribution < 1.29 is 19.3 Å². The van der Waals surface area contributed by atoms with E-state index in [1.165, 1.54) is 24.3 Å². The molecule has 5 fully saturated rings. The maximum Gasteiger partial charge on any atom is 0.270 e. The predicted octanol–water partition coefficient (Wildman–Crippen LogP) is 0.777. The van der Waals surface area contributed by atoms with Crippen molar-refractivity contribution >= 4 is 23.4 Å². The van der Waals surface area contributed by atoms with E-state index in [9.17, 15) is 24.5 Å². The highest BCUT2D eigenvalue weighted by Gasteiger charge is 2.87. The van der Waals surface area contributed by atoms with Crippen molar-refractivity contribution in [2.24, 2.45) is 35.0 Å². The molecule has 6 aliphatic rings. The third-order valence-electron chi connectivity index (χ3n) is 8.70. The minimum atomic E-state index is -0.805. The van der Waals surface area contributed by atoms with Gasteiger partial charge in [0.2, 0.25) is 0 Å². The van der Waals surface area contributed by atoms with Crippen molar-refractivity contribution in [3.8, 4) is 0 Å². The number of hydrogen-bond donors (Lipinski definition) is 2.